The molecule has 5 rings (SSSR count). The Morgan fingerprint density at radius 3 is 2.73 bits per heavy atom. The molecule has 10 nitrogen and oxygen atoms in total. The number of fused-ring (bicyclic) bond motifs is 2. The number of aliphatic hydroxyl groups is 1. The minimum atomic E-state index is -0.602. The zero-order valence-electron chi connectivity index (χ0n) is 20.5. The van der Waals surface area contributed by atoms with Gasteiger partial charge in [0.15, 0.2) is 0 Å². The molecule has 3 heterocycles. The van der Waals surface area contributed by atoms with Crippen LogP contribution in [0.2, 0.25) is 0 Å². The maximum Gasteiger partial charge on any atom is 0.268 e. The number of nitrogens with two attached hydrogens (primary N) is 1. The Bertz CT molecular complexity index is 1580. The minimum absolute atomic E-state index is 0.0739. The summed E-state index contributed by atoms with van der Waals surface area (Å²) in [7, 11) is 1.97. The molecule has 0 saturated carbocycles. The number of aromatic nitrogens is 5. The fraction of sp³-hybridized carbons (Fsp3) is 0.259. The van der Waals surface area contributed by atoms with E-state index in [0.29, 0.717) is 25.8 Å². The van der Waals surface area contributed by atoms with Crippen molar-refractivity contribution >= 4 is 39.4 Å². The number of para-hydroxylation sites is 2. The van der Waals surface area contributed by atoms with Crippen molar-refractivity contribution in [1.82, 2.24) is 23.7 Å². The summed E-state index contributed by atoms with van der Waals surface area (Å²) < 4.78 is 5.82. The molecule has 0 fully saturated rings. The zero-order chi connectivity index (χ0) is 25.9. The van der Waals surface area contributed by atoms with Gasteiger partial charge in [-0.15, -0.1) is 0 Å². The van der Waals surface area contributed by atoms with Crippen LogP contribution in [0.5, 0.6) is 0 Å². The van der Waals surface area contributed by atoms with Gasteiger partial charge in [0.05, 0.1) is 35.5 Å². The second kappa shape index (κ2) is 10.3. The van der Waals surface area contributed by atoms with Crippen molar-refractivity contribution in [1.29, 1.82) is 0 Å². The van der Waals surface area contributed by atoms with Gasteiger partial charge in [-0.3, -0.25) is 9.59 Å². The highest BCUT2D eigenvalue weighted by atomic mass is 16.3. The number of nitrogens with zero attached hydrogens (tertiary/aromatic N) is 5. The van der Waals surface area contributed by atoms with E-state index in [2.05, 4.69) is 19.9 Å². The molecule has 1 atom stereocenters. The van der Waals surface area contributed by atoms with Crippen molar-refractivity contribution in [2.24, 2.45) is 12.8 Å². The highest BCUT2D eigenvalue weighted by molar-refractivity contribution is 5.94. The summed E-state index contributed by atoms with van der Waals surface area (Å²) in [6.07, 6.45) is 6.54. The number of carbonyl (C=O) groups is 2. The Morgan fingerprint density at radius 1 is 1.14 bits per heavy atom. The summed E-state index contributed by atoms with van der Waals surface area (Å²) in [4.78, 5) is 32.7. The third-order valence-corrected chi connectivity index (χ3v) is 6.70. The Labute approximate surface area is 213 Å². The normalized spacial score (nSPS) is 12.3. The first-order valence-electron chi connectivity index (χ1n) is 12.2. The first kappa shape index (κ1) is 24.3. The van der Waals surface area contributed by atoms with Crippen LogP contribution in [0.4, 0.5) is 5.69 Å². The van der Waals surface area contributed by atoms with Crippen LogP contribution < -0.4 is 11.1 Å². The third-order valence-electron chi connectivity index (χ3n) is 6.70. The molecular weight excluding hydrogens is 470 g/mol. The number of benzene rings is 2. The Morgan fingerprint density at radius 2 is 1.97 bits per heavy atom. The molecule has 1 unspecified atom stereocenters. The monoisotopic (exact) mass is 499 g/mol. The highest BCUT2D eigenvalue weighted by Crippen LogP contribution is 2.23. The van der Waals surface area contributed by atoms with Gasteiger partial charge in [0.2, 0.25) is 5.91 Å². The lowest BCUT2D eigenvalue weighted by Crippen LogP contribution is -2.15. The maximum absolute atomic E-state index is 12.7. The molecule has 190 valence electrons. The van der Waals surface area contributed by atoms with Crippen LogP contribution in [-0.2, 0) is 24.8 Å². The van der Waals surface area contributed by atoms with Gasteiger partial charge in [-0.2, -0.15) is 0 Å². The summed E-state index contributed by atoms with van der Waals surface area (Å²) in [5.41, 5.74) is 9.14. The molecule has 5 aromatic rings. The number of nitrogens with one attached hydrogen (secondary N) is 1. The number of carbonyl (C=O) groups excluding carboxylic acids is 2. The number of aliphatic hydroxyl groups excluding tert-OH is 1. The number of hydrogen-bond donors (Lipinski definition) is 3. The van der Waals surface area contributed by atoms with Crippen molar-refractivity contribution in [2.75, 3.05) is 11.9 Å². The number of amides is 2. The lowest BCUT2D eigenvalue weighted by molar-refractivity contribution is -0.116. The summed E-state index contributed by atoms with van der Waals surface area (Å²) >= 11 is 0. The quantitative estimate of drug-likeness (QED) is 0.272. The van der Waals surface area contributed by atoms with E-state index in [1.54, 1.807) is 10.8 Å². The van der Waals surface area contributed by atoms with E-state index in [4.69, 9.17) is 5.73 Å². The van der Waals surface area contributed by atoms with Crippen LogP contribution in [-0.4, -0.2) is 47.2 Å². The van der Waals surface area contributed by atoms with E-state index in [-0.39, 0.29) is 24.2 Å². The molecule has 0 spiro atoms. The number of rotatable bonds is 10. The topological polar surface area (TPSA) is 133 Å². The number of aryl methyl sites for hydroxylation is 3. The molecule has 37 heavy (non-hydrogen) atoms. The Hall–Kier alpha value is -4.44. The molecule has 0 bridgehead atoms. The zero-order valence-corrected chi connectivity index (χ0v) is 20.5. The lowest BCUT2D eigenvalue weighted by Gasteiger charge is -2.16. The van der Waals surface area contributed by atoms with Crippen LogP contribution in [0.1, 0.15) is 35.2 Å². The van der Waals surface area contributed by atoms with E-state index in [1.807, 2.05) is 66.3 Å². The van der Waals surface area contributed by atoms with Crippen LogP contribution in [0, 0.1) is 0 Å². The SMILES string of the molecule is Cn1c(CCC(=O)Nc2ccc3ccn(CCC(CO)n4cnc(C(N)=O)c4)c3c2)nc2ccccc21. The first-order chi connectivity index (χ1) is 17.9. The second-order valence-corrected chi connectivity index (χ2v) is 9.10. The Kier molecular flexibility index (Phi) is 6.74. The van der Waals surface area contributed by atoms with E-state index < -0.39 is 5.91 Å². The fourth-order valence-electron chi connectivity index (χ4n) is 4.61. The molecular formula is C27H29N7O3. The molecule has 2 amide bonds. The second-order valence-electron chi connectivity index (χ2n) is 9.10. The van der Waals surface area contributed by atoms with Crippen LogP contribution >= 0.6 is 0 Å². The molecule has 4 N–H and O–H groups in total. The summed E-state index contributed by atoms with van der Waals surface area (Å²) in [5.74, 6) is 0.199. The van der Waals surface area contributed by atoms with Crippen molar-refractivity contribution in [3.05, 3.63) is 78.8 Å². The van der Waals surface area contributed by atoms with Gasteiger partial charge in [0.25, 0.3) is 5.91 Å². The average Bonchev–Trinajstić information content (AvgIpc) is 3.62. The summed E-state index contributed by atoms with van der Waals surface area (Å²) in [6.45, 7) is 0.531. The molecule has 0 aliphatic rings. The molecule has 0 aliphatic heterocycles. The van der Waals surface area contributed by atoms with Gasteiger partial charge in [-0.05, 0) is 42.1 Å². The predicted octanol–water partition coefficient (Wildman–Crippen LogP) is 3.02. The predicted molar refractivity (Wildman–Crippen MR) is 141 cm³/mol. The molecule has 0 aliphatic carbocycles. The molecule has 0 saturated heterocycles. The van der Waals surface area contributed by atoms with Crippen molar-refractivity contribution in [2.45, 2.75) is 31.8 Å². The van der Waals surface area contributed by atoms with Crippen molar-refractivity contribution in [3.63, 3.8) is 0 Å². The van der Waals surface area contributed by atoms with E-state index in [0.717, 1.165) is 33.4 Å². The van der Waals surface area contributed by atoms with Gasteiger partial charge in [0.1, 0.15) is 11.5 Å². The molecule has 2 aromatic carbocycles. The van der Waals surface area contributed by atoms with Crippen molar-refractivity contribution in [3.8, 4) is 0 Å². The maximum atomic E-state index is 12.7. The minimum Gasteiger partial charge on any atom is -0.394 e. The standard InChI is InChI=1S/C27H29N7O3/c1-32-23-5-3-2-4-21(23)31-25(32)8-9-26(36)30-19-7-6-18-10-12-33(24(18)14-19)13-11-20(16-35)34-15-22(27(28)37)29-17-34/h2-7,10,12,14-15,17,20,35H,8-9,11,13,16H2,1H3,(H2,28,37)(H,30,36). The van der Waals surface area contributed by atoms with Gasteiger partial charge in [-0.1, -0.05) is 18.2 Å². The molecule has 10 heteroatoms. The first-order valence-corrected chi connectivity index (χ1v) is 12.2. The van der Waals surface area contributed by atoms with E-state index >= 15 is 0 Å². The number of primary amides is 1. The average molecular weight is 500 g/mol. The van der Waals surface area contributed by atoms with Crippen LogP contribution in [0.25, 0.3) is 21.9 Å². The van der Waals surface area contributed by atoms with Crippen molar-refractivity contribution < 1.29 is 14.7 Å². The Balaban J connectivity index is 1.23. The van der Waals surface area contributed by atoms with Gasteiger partial charge in [-0.25, -0.2) is 9.97 Å². The van der Waals surface area contributed by atoms with Crippen LogP contribution in [0.15, 0.2) is 67.3 Å². The van der Waals surface area contributed by atoms with Crippen LogP contribution in [0.3, 0.4) is 0 Å². The van der Waals surface area contributed by atoms with Gasteiger partial charge < -0.3 is 29.9 Å². The third kappa shape index (κ3) is 5.10. The van der Waals surface area contributed by atoms with Gasteiger partial charge in [0, 0.05) is 44.5 Å². The smallest absolute Gasteiger partial charge is 0.268 e. The van der Waals surface area contributed by atoms with E-state index in [1.165, 1.54) is 6.33 Å². The molecule has 3 aromatic heterocycles. The van der Waals surface area contributed by atoms with Gasteiger partial charge >= 0.3 is 0 Å². The number of anilines is 1. The molecule has 0 radical (unpaired) electrons. The largest absolute Gasteiger partial charge is 0.394 e. The highest BCUT2D eigenvalue weighted by Gasteiger charge is 2.14. The number of hydrogen-bond acceptors (Lipinski definition) is 5. The number of imidazole rings is 2. The van der Waals surface area contributed by atoms with E-state index in [9.17, 15) is 14.7 Å². The lowest BCUT2D eigenvalue weighted by atomic mass is 10.2. The summed E-state index contributed by atoms with van der Waals surface area (Å²) in [6, 6.07) is 15.5. The summed E-state index contributed by atoms with van der Waals surface area (Å²) in [5, 5.41) is 13.9. The fourth-order valence-corrected chi connectivity index (χ4v) is 4.61.